The second-order valence-corrected chi connectivity index (χ2v) is 5.91. The van der Waals surface area contributed by atoms with Crippen molar-refractivity contribution in [1.29, 1.82) is 0 Å². The first-order valence-electron chi connectivity index (χ1n) is 7.98. The molecule has 136 valence electrons. The maximum Gasteiger partial charge on any atom is 0.333 e. The Labute approximate surface area is 150 Å². The molecule has 0 fully saturated rings. The number of imidazole rings is 1. The number of aryl methyl sites for hydroxylation is 3. The maximum atomic E-state index is 11.5. The highest BCUT2D eigenvalue weighted by Gasteiger charge is 2.28. The number of hydrogen-bond acceptors (Lipinski definition) is 6. The highest BCUT2D eigenvalue weighted by molar-refractivity contribution is 5.61. The molecule has 1 unspecified atom stereocenters. The molecule has 0 spiro atoms. The Morgan fingerprint density at radius 3 is 2.50 bits per heavy atom. The summed E-state index contributed by atoms with van der Waals surface area (Å²) in [6, 6.07) is 7.10. The van der Waals surface area contributed by atoms with Gasteiger partial charge in [0, 0.05) is 26.5 Å². The summed E-state index contributed by atoms with van der Waals surface area (Å²) in [6.45, 7) is 1.62. The molecule has 1 N–H and O–H groups in total. The zero-order valence-corrected chi connectivity index (χ0v) is 15.0. The van der Waals surface area contributed by atoms with Crippen LogP contribution in [0, 0.1) is 17.0 Å². The van der Waals surface area contributed by atoms with E-state index in [9.17, 15) is 10.1 Å². The fraction of sp³-hybridized carbons (Fsp3) is 0.294. The lowest BCUT2D eigenvalue weighted by atomic mass is 10.1. The van der Waals surface area contributed by atoms with Crippen LogP contribution in [0.1, 0.15) is 23.1 Å². The molecule has 0 radical (unpaired) electrons. The Balaban J connectivity index is 2.08. The first kappa shape index (κ1) is 17.5. The van der Waals surface area contributed by atoms with Crippen molar-refractivity contribution in [3.05, 3.63) is 63.9 Å². The topological polar surface area (TPSA) is 100 Å². The van der Waals surface area contributed by atoms with Gasteiger partial charge in [0.1, 0.15) is 23.3 Å². The first-order chi connectivity index (χ1) is 12.4. The molecular weight excluding hydrogens is 336 g/mol. The summed E-state index contributed by atoms with van der Waals surface area (Å²) in [7, 11) is 5.15. The molecule has 1 atom stereocenters. The van der Waals surface area contributed by atoms with Gasteiger partial charge in [-0.25, -0.2) is 9.67 Å². The van der Waals surface area contributed by atoms with Crippen LogP contribution in [0.4, 0.5) is 11.5 Å². The molecule has 2 heterocycles. The Morgan fingerprint density at radius 1 is 1.27 bits per heavy atom. The van der Waals surface area contributed by atoms with Crippen LogP contribution in [-0.4, -0.2) is 31.4 Å². The molecule has 0 aliphatic heterocycles. The first-order valence-corrected chi connectivity index (χ1v) is 7.98. The van der Waals surface area contributed by atoms with Crippen LogP contribution in [-0.2, 0) is 14.1 Å². The Kier molecular flexibility index (Phi) is 4.61. The van der Waals surface area contributed by atoms with Gasteiger partial charge in [-0.1, -0.05) is 12.1 Å². The van der Waals surface area contributed by atoms with Crippen LogP contribution in [0.15, 0.2) is 36.7 Å². The van der Waals surface area contributed by atoms with Crippen LogP contribution in [0.2, 0.25) is 0 Å². The van der Waals surface area contributed by atoms with Gasteiger partial charge in [-0.15, -0.1) is 0 Å². The summed E-state index contributed by atoms with van der Waals surface area (Å²) in [4.78, 5) is 15.5. The van der Waals surface area contributed by atoms with E-state index in [4.69, 9.17) is 4.74 Å². The number of nitro groups is 1. The number of anilines is 1. The quantitative estimate of drug-likeness (QED) is 0.538. The van der Waals surface area contributed by atoms with E-state index in [1.54, 1.807) is 27.3 Å². The van der Waals surface area contributed by atoms with Gasteiger partial charge in [-0.3, -0.25) is 10.1 Å². The average Bonchev–Trinajstić information content (AvgIpc) is 3.15. The zero-order chi connectivity index (χ0) is 18.8. The van der Waals surface area contributed by atoms with Crippen molar-refractivity contribution >= 4 is 11.5 Å². The summed E-state index contributed by atoms with van der Waals surface area (Å²) in [5.41, 5.74) is 1.21. The third-order valence-electron chi connectivity index (χ3n) is 4.22. The molecule has 0 aliphatic carbocycles. The third kappa shape index (κ3) is 3.10. The SMILES string of the molecule is COc1ccc(C(Nc2c([N+](=O)[O-])c(C)nn2C)c2nccn2C)cc1. The summed E-state index contributed by atoms with van der Waals surface area (Å²) in [5, 5.41) is 18.9. The number of aromatic nitrogens is 4. The lowest BCUT2D eigenvalue weighted by Gasteiger charge is -2.20. The molecule has 9 nitrogen and oxygen atoms in total. The van der Waals surface area contributed by atoms with Crippen LogP contribution < -0.4 is 10.1 Å². The Bertz CT molecular complexity index is 929. The standard InChI is InChI=1S/C17H20N6O3/c1-11-15(23(24)25)17(22(3)20-11)19-14(16-18-9-10-21(16)2)12-5-7-13(26-4)8-6-12/h5-10,14,19H,1-4H3. The Hall–Kier alpha value is -3.36. The summed E-state index contributed by atoms with van der Waals surface area (Å²) in [5.74, 6) is 1.79. The van der Waals surface area contributed by atoms with Crippen molar-refractivity contribution in [2.45, 2.75) is 13.0 Å². The molecule has 0 bridgehead atoms. The van der Waals surface area contributed by atoms with E-state index < -0.39 is 11.0 Å². The van der Waals surface area contributed by atoms with Crippen molar-refractivity contribution in [1.82, 2.24) is 19.3 Å². The van der Waals surface area contributed by atoms with E-state index in [1.807, 2.05) is 42.1 Å². The van der Waals surface area contributed by atoms with E-state index in [2.05, 4.69) is 15.4 Å². The summed E-state index contributed by atoms with van der Waals surface area (Å²) >= 11 is 0. The number of methoxy groups -OCH3 is 1. The molecule has 0 saturated carbocycles. The maximum absolute atomic E-state index is 11.5. The van der Waals surface area contributed by atoms with Gasteiger partial charge in [0.05, 0.1) is 12.0 Å². The second kappa shape index (κ2) is 6.87. The molecule has 1 aromatic carbocycles. The van der Waals surface area contributed by atoms with Crippen molar-refractivity contribution in [3.8, 4) is 5.75 Å². The van der Waals surface area contributed by atoms with Crippen molar-refractivity contribution < 1.29 is 9.66 Å². The van der Waals surface area contributed by atoms with E-state index in [-0.39, 0.29) is 5.69 Å². The lowest BCUT2D eigenvalue weighted by Crippen LogP contribution is -2.19. The van der Waals surface area contributed by atoms with E-state index in [0.717, 1.165) is 17.1 Å². The van der Waals surface area contributed by atoms with Gasteiger partial charge in [0.25, 0.3) is 0 Å². The number of benzene rings is 1. The molecule has 0 saturated heterocycles. The van der Waals surface area contributed by atoms with Crippen molar-refractivity contribution in [2.24, 2.45) is 14.1 Å². The molecule has 2 aromatic heterocycles. The monoisotopic (exact) mass is 356 g/mol. The van der Waals surface area contributed by atoms with E-state index >= 15 is 0 Å². The van der Waals surface area contributed by atoms with Gasteiger partial charge in [-0.2, -0.15) is 5.10 Å². The highest BCUT2D eigenvalue weighted by atomic mass is 16.6. The fourth-order valence-electron chi connectivity index (χ4n) is 2.91. The number of nitrogens with one attached hydrogen (secondary N) is 1. The number of hydrogen-bond donors (Lipinski definition) is 1. The molecule has 9 heteroatoms. The third-order valence-corrected chi connectivity index (χ3v) is 4.22. The largest absolute Gasteiger partial charge is 0.497 e. The molecule has 26 heavy (non-hydrogen) atoms. The zero-order valence-electron chi connectivity index (χ0n) is 15.0. The number of rotatable bonds is 6. The van der Waals surface area contributed by atoms with Gasteiger partial charge in [0.15, 0.2) is 0 Å². The van der Waals surface area contributed by atoms with E-state index in [1.165, 1.54) is 4.68 Å². The molecule has 3 aromatic rings. The van der Waals surface area contributed by atoms with Crippen LogP contribution in [0.3, 0.4) is 0 Å². The second-order valence-electron chi connectivity index (χ2n) is 5.91. The lowest BCUT2D eigenvalue weighted by molar-refractivity contribution is -0.384. The average molecular weight is 356 g/mol. The Morgan fingerprint density at radius 2 is 1.96 bits per heavy atom. The minimum absolute atomic E-state index is 0.0415. The summed E-state index contributed by atoms with van der Waals surface area (Å²) < 4.78 is 8.56. The predicted octanol–water partition coefficient (Wildman–Crippen LogP) is 2.58. The van der Waals surface area contributed by atoms with E-state index in [0.29, 0.717) is 11.5 Å². The predicted molar refractivity (Wildman–Crippen MR) is 96.3 cm³/mol. The molecule has 0 aliphatic rings. The molecule has 0 amide bonds. The normalized spacial score (nSPS) is 12.0. The van der Waals surface area contributed by atoms with Gasteiger partial charge < -0.3 is 14.6 Å². The van der Waals surface area contributed by atoms with Crippen LogP contribution >= 0.6 is 0 Å². The number of ether oxygens (including phenoxy) is 1. The molecule has 3 rings (SSSR count). The van der Waals surface area contributed by atoms with Crippen LogP contribution in [0.5, 0.6) is 5.75 Å². The summed E-state index contributed by atoms with van der Waals surface area (Å²) in [6.07, 6.45) is 3.52. The minimum Gasteiger partial charge on any atom is -0.497 e. The minimum atomic E-state index is -0.422. The highest BCUT2D eigenvalue weighted by Crippen LogP contribution is 2.33. The van der Waals surface area contributed by atoms with Crippen molar-refractivity contribution in [3.63, 3.8) is 0 Å². The van der Waals surface area contributed by atoms with Gasteiger partial charge in [0.2, 0.25) is 5.82 Å². The van der Waals surface area contributed by atoms with Crippen molar-refractivity contribution in [2.75, 3.05) is 12.4 Å². The molecular formula is C17H20N6O3. The smallest absolute Gasteiger partial charge is 0.333 e. The van der Waals surface area contributed by atoms with Gasteiger partial charge >= 0.3 is 5.69 Å². The van der Waals surface area contributed by atoms with Crippen LogP contribution in [0.25, 0.3) is 0 Å². The number of nitrogens with zero attached hydrogens (tertiary/aromatic N) is 5. The van der Waals surface area contributed by atoms with Gasteiger partial charge in [-0.05, 0) is 24.6 Å². The fourth-order valence-corrected chi connectivity index (χ4v) is 2.91.